The fourth-order valence-electron chi connectivity index (χ4n) is 2.66. The van der Waals surface area contributed by atoms with Crippen LogP contribution in [-0.2, 0) is 5.41 Å². The topological polar surface area (TPSA) is 79.2 Å². The minimum Gasteiger partial charge on any atom is -0.491 e. The Balaban J connectivity index is 2.19. The molecule has 0 fully saturated rings. The van der Waals surface area contributed by atoms with Crippen LogP contribution in [0.2, 0.25) is 10.0 Å². The van der Waals surface area contributed by atoms with Crippen LogP contribution in [0.25, 0.3) is 0 Å². The Labute approximate surface area is 185 Å². The van der Waals surface area contributed by atoms with E-state index in [0.717, 1.165) is 11.1 Å². The molecule has 0 aliphatic heterocycles. The SMILES string of the molecule is CC(C)(c1ccc(OC[C@H](O)CCl)cc1)c1cc(Cl)c(OC[C@H](O)CO)c(Cl)c1. The second-order valence-electron chi connectivity index (χ2n) is 7.18. The molecule has 0 saturated carbocycles. The molecule has 160 valence electrons. The third-order valence-electron chi connectivity index (χ3n) is 4.55. The summed E-state index contributed by atoms with van der Waals surface area (Å²) in [6, 6.07) is 11.1. The van der Waals surface area contributed by atoms with Gasteiger partial charge in [0, 0.05) is 5.41 Å². The zero-order valence-electron chi connectivity index (χ0n) is 16.2. The second-order valence-corrected chi connectivity index (χ2v) is 8.31. The van der Waals surface area contributed by atoms with Crippen LogP contribution in [0.15, 0.2) is 36.4 Å². The molecule has 29 heavy (non-hydrogen) atoms. The fourth-order valence-corrected chi connectivity index (χ4v) is 3.35. The molecule has 0 bridgehead atoms. The molecule has 0 unspecified atom stereocenters. The highest BCUT2D eigenvalue weighted by molar-refractivity contribution is 6.37. The third-order valence-corrected chi connectivity index (χ3v) is 5.47. The van der Waals surface area contributed by atoms with Crippen molar-refractivity contribution in [1.82, 2.24) is 0 Å². The maximum absolute atomic E-state index is 9.49. The molecule has 0 aromatic heterocycles. The first-order valence-electron chi connectivity index (χ1n) is 9.07. The molecule has 2 aromatic carbocycles. The molecular formula is C21H25Cl3O5. The summed E-state index contributed by atoms with van der Waals surface area (Å²) in [4.78, 5) is 0. The maximum Gasteiger partial charge on any atom is 0.156 e. The monoisotopic (exact) mass is 462 g/mol. The Morgan fingerprint density at radius 1 is 0.897 bits per heavy atom. The van der Waals surface area contributed by atoms with E-state index in [-0.39, 0.29) is 24.8 Å². The lowest BCUT2D eigenvalue weighted by atomic mass is 9.78. The lowest BCUT2D eigenvalue weighted by Gasteiger charge is -2.27. The van der Waals surface area contributed by atoms with Gasteiger partial charge in [-0.15, -0.1) is 11.6 Å². The Morgan fingerprint density at radius 3 is 1.97 bits per heavy atom. The Kier molecular flexibility index (Phi) is 8.89. The average Bonchev–Trinajstić information content (AvgIpc) is 2.71. The average molecular weight is 464 g/mol. The largest absolute Gasteiger partial charge is 0.491 e. The van der Waals surface area contributed by atoms with Crippen molar-refractivity contribution in [3.05, 3.63) is 57.6 Å². The predicted molar refractivity (Wildman–Crippen MR) is 116 cm³/mol. The molecule has 2 atom stereocenters. The molecule has 0 amide bonds. The first kappa shape index (κ1) is 24.1. The minimum atomic E-state index is -1.01. The zero-order valence-corrected chi connectivity index (χ0v) is 18.5. The molecule has 0 saturated heterocycles. The lowest BCUT2D eigenvalue weighted by molar-refractivity contribution is 0.0536. The Bertz CT molecular complexity index is 772. The van der Waals surface area contributed by atoms with Gasteiger partial charge in [0.2, 0.25) is 0 Å². The Hall–Kier alpha value is -1.21. The molecule has 0 aliphatic carbocycles. The van der Waals surface area contributed by atoms with Crippen LogP contribution in [0.5, 0.6) is 11.5 Å². The summed E-state index contributed by atoms with van der Waals surface area (Å²) >= 11 is 18.3. The molecule has 3 N–H and O–H groups in total. The number of ether oxygens (including phenoxy) is 2. The summed E-state index contributed by atoms with van der Waals surface area (Å²) in [5.74, 6) is 1.02. The number of aliphatic hydroxyl groups excluding tert-OH is 3. The predicted octanol–water partition coefficient (Wildman–Crippen LogP) is 4.03. The smallest absolute Gasteiger partial charge is 0.156 e. The van der Waals surface area contributed by atoms with Gasteiger partial charge in [0.15, 0.2) is 5.75 Å². The van der Waals surface area contributed by atoms with Gasteiger partial charge in [-0.05, 0) is 35.4 Å². The van der Waals surface area contributed by atoms with E-state index in [1.165, 1.54) is 0 Å². The van der Waals surface area contributed by atoms with Crippen molar-refractivity contribution in [3.8, 4) is 11.5 Å². The number of alkyl halides is 1. The molecule has 0 radical (unpaired) electrons. The number of hydrogen-bond acceptors (Lipinski definition) is 5. The third kappa shape index (κ3) is 6.38. The van der Waals surface area contributed by atoms with Crippen molar-refractivity contribution in [2.75, 3.05) is 25.7 Å². The molecule has 5 nitrogen and oxygen atoms in total. The molecule has 8 heteroatoms. The number of rotatable bonds is 10. The van der Waals surface area contributed by atoms with Crippen LogP contribution >= 0.6 is 34.8 Å². The molecule has 0 heterocycles. The van der Waals surface area contributed by atoms with Crippen molar-refractivity contribution in [3.63, 3.8) is 0 Å². The van der Waals surface area contributed by atoms with Crippen LogP contribution in [0.4, 0.5) is 0 Å². The van der Waals surface area contributed by atoms with Crippen molar-refractivity contribution in [2.45, 2.75) is 31.5 Å². The van der Waals surface area contributed by atoms with Crippen LogP contribution in [0, 0.1) is 0 Å². The van der Waals surface area contributed by atoms with E-state index < -0.39 is 24.2 Å². The van der Waals surface area contributed by atoms with Gasteiger partial charge in [-0.3, -0.25) is 0 Å². The lowest BCUT2D eigenvalue weighted by Crippen LogP contribution is -2.22. The number of hydrogen-bond donors (Lipinski definition) is 3. The van der Waals surface area contributed by atoms with Gasteiger partial charge in [0.05, 0.1) is 22.5 Å². The van der Waals surface area contributed by atoms with E-state index in [1.807, 2.05) is 38.1 Å². The molecular weight excluding hydrogens is 439 g/mol. The summed E-state index contributed by atoms with van der Waals surface area (Å²) in [6.07, 6.45) is -1.72. The standard InChI is InChI=1S/C21H25Cl3O5/c1-21(2,13-3-5-17(6-4-13)28-11-15(26)9-22)14-7-18(23)20(19(24)8-14)29-12-16(27)10-25/h3-8,15-16,25-27H,9-12H2,1-2H3/t15-,16-/m1/s1. The quantitative estimate of drug-likeness (QED) is 0.464. The zero-order chi connectivity index (χ0) is 21.6. The Morgan fingerprint density at radius 2 is 1.45 bits per heavy atom. The van der Waals surface area contributed by atoms with Gasteiger partial charge in [-0.25, -0.2) is 0 Å². The molecule has 0 aliphatic rings. The first-order valence-corrected chi connectivity index (χ1v) is 10.4. The van der Waals surface area contributed by atoms with Gasteiger partial charge in [0.1, 0.15) is 31.2 Å². The van der Waals surface area contributed by atoms with E-state index in [2.05, 4.69) is 0 Å². The van der Waals surface area contributed by atoms with E-state index >= 15 is 0 Å². The minimum absolute atomic E-state index is 0.113. The van der Waals surface area contributed by atoms with Gasteiger partial charge in [-0.2, -0.15) is 0 Å². The summed E-state index contributed by atoms with van der Waals surface area (Å²) < 4.78 is 11.0. The summed E-state index contributed by atoms with van der Waals surface area (Å²) in [5.41, 5.74) is 1.48. The van der Waals surface area contributed by atoms with Crippen molar-refractivity contribution >= 4 is 34.8 Å². The highest BCUT2D eigenvalue weighted by Gasteiger charge is 2.26. The van der Waals surface area contributed by atoms with E-state index in [4.69, 9.17) is 49.4 Å². The normalized spacial score (nSPS) is 13.8. The van der Waals surface area contributed by atoms with Gasteiger partial charge in [0.25, 0.3) is 0 Å². The van der Waals surface area contributed by atoms with E-state index in [9.17, 15) is 10.2 Å². The van der Waals surface area contributed by atoms with Gasteiger partial charge in [-0.1, -0.05) is 49.2 Å². The van der Waals surface area contributed by atoms with Crippen molar-refractivity contribution < 1.29 is 24.8 Å². The molecule has 2 aromatic rings. The maximum atomic E-state index is 9.49. The molecule has 2 rings (SSSR count). The summed E-state index contributed by atoms with van der Waals surface area (Å²) in [5, 5.41) is 28.5. The second kappa shape index (κ2) is 10.7. The van der Waals surface area contributed by atoms with Gasteiger partial charge >= 0.3 is 0 Å². The van der Waals surface area contributed by atoms with E-state index in [0.29, 0.717) is 15.8 Å². The molecule has 0 spiro atoms. The highest BCUT2D eigenvalue weighted by Crippen LogP contribution is 2.40. The van der Waals surface area contributed by atoms with Crippen LogP contribution in [0.3, 0.4) is 0 Å². The number of halogens is 3. The highest BCUT2D eigenvalue weighted by atomic mass is 35.5. The van der Waals surface area contributed by atoms with Crippen LogP contribution in [-0.4, -0.2) is 53.2 Å². The van der Waals surface area contributed by atoms with Crippen LogP contribution < -0.4 is 9.47 Å². The van der Waals surface area contributed by atoms with Gasteiger partial charge < -0.3 is 24.8 Å². The summed E-state index contributed by atoms with van der Waals surface area (Å²) in [6.45, 7) is 3.68. The van der Waals surface area contributed by atoms with Crippen molar-refractivity contribution in [2.24, 2.45) is 0 Å². The number of aliphatic hydroxyl groups is 3. The van der Waals surface area contributed by atoms with E-state index in [1.54, 1.807) is 12.1 Å². The van der Waals surface area contributed by atoms with Crippen molar-refractivity contribution in [1.29, 1.82) is 0 Å². The fraction of sp³-hybridized carbons (Fsp3) is 0.429. The van der Waals surface area contributed by atoms with Crippen LogP contribution in [0.1, 0.15) is 25.0 Å². The first-order chi connectivity index (χ1) is 13.7. The number of benzene rings is 2. The summed E-state index contributed by atoms with van der Waals surface area (Å²) in [7, 11) is 0.